The monoisotopic (exact) mass is 120 g/mol. The number of anilines is 1. The predicted octanol–water partition coefficient (Wildman–Crippen LogP) is 1.10. The molecule has 2 N–H and O–H groups in total. The molecule has 2 rings (SSSR count). The third-order valence-corrected chi connectivity index (χ3v) is 1.64. The lowest BCUT2D eigenvalue weighted by Gasteiger charge is -1.92. The molecule has 0 spiro atoms. The van der Waals surface area contributed by atoms with Crippen LogP contribution in [0, 0.1) is 0 Å². The van der Waals surface area contributed by atoms with E-state index in [4.69, 9.17) is 5.73 Å². The highest BCUT2D eigenvalue weighted by Gasteiger charge is 2.05. The van der Waals surface area contributed by atoms with Gasteiger partial charge in [-0.1, -0.05) is 6.08 Å². The van der Waals surface area contributed by atoms with Crippen molar-refractivity contribution >= 4 is 11.9 Å². The molecule has 46 valence electrons. The van der Waals surface area contributed by atoms with Gasteiger partial charge in [-0.25, -0.2) is 0 Å². The van der Waals surface area contributed by atoms with Crippen LogP contribution in [0.4, 0.5) is 5.69 Å². The Bertz CT molecular complexity index is 258. The molecule has 0 aromatic carbocycles. The van der Waals surface area contributed by atoms with Gasteiger partial charge < -0.3 is 10.3 Å². The average Bonchev–Trinajstić information content (AvgIpc) is 2.35. The van der Waals surface area contributed by atoms with Crippen LogP contribution < -0.4 is 5.73 Å². The number of fused-ring (bicyclic) bond motifs is 1. The summed E-state index contributed by atoms with van der Waals surface area (Å²) in [7, 11) is 0. The minimum absolute atomic E-state index is 0.903. The minimum atomic E-state index is 0.903. The Morgan fingerprint density at radius 2 is 2.44 bits per heavy atom. The van der Waals surface area contributed by atoms with Crippen molar-refractivity contribution in [1.29, 1.82) is 0 Å². The van der Waals surface area contributed by atoms with Crippen molar-refractivity contribution in [2.75, 3.05) is 5.73 Å². The second-order valence-electron chi connectivity index (χ2n) is 2.21. The number of nitrogen functional groups attached to an aromatic ring is 1. The Morgan fingerprint density at radius 1 is 1.56 bits per heavy atom. The van der Waals surface area contributed by atoms with Gasteiger partial charge in [-0.3, -0.25) is 0 Å². The molecule has 0 aliphatic carbocycles. The lowest BCUT2D eigenvalue weighted by atomic mass is 10.3. The summed E-state index contributed by atoms with van der Waals surface area (Å²) >= 11 is 0. The summed E-state index contributed by atoms with van der Waals surface area (Å²) in [6, 6.07) is 1.93. The average molecular weight is 120 g/mol. The molecular weight excluding hydrogens is 112 g/mol. The van der Waals surface area contributed by atoms with Crippen LogP contribution in [0.2, 0.25) is 0 Å². The number of hydrogen-bond acceptors (Lipinski definition) is 1. The summed E-state index contributed by atoms with van der Waals surface area (Å²) in [6.07, 6.45) is 7.10. The molecule has 0 saturated carbocycles. The maximum absolute atomic E-state index is 5.63. The van der Waals surface area contributed by atoms with Crippen molar-refractivity contribution < 1.29 is 0 Å². The van der Waals surface area contributed by atoms with Gasteiger partial charge in [0.05, 0.1) is 5.69 Å². The molecule has 0 atom stereocenters. The normalized spacial score (nSPS) is 14.2. The lowest BCUT2D eigenvalue weighted by molar-refractivity contribution is 1.09. The number of hydrogen-bond donors (Lipinski definition) is 1. The predicted molar refractivity (Wildman–Crippen MR) is 37.9 cm³/mol. The van der Waals surface area contributed by atoms with Crippen LogP contribution in [-0.2, 0) is 6.42 Å². The van der Waals surface area contributed by atoms with Gasteiger partial charge in [0.1, 0.15) is 0 Å². The third kappa shape index (κ3) is 0.499. The molecule has 0 bridgehead atoms. The van der Waals surface area contributed by atoms with E-state index in [2.05, 4.69) is 10.6 Å². The Labute approximate surface area is 53.6 Å². The van der Waals surface area contributed by atoms with Gasteiger partial charge in [-0.05, 0) is 6.07 Å². The first kappa shape index (κ1) is 4.68. The second-order valence-corrected chi connectivity index (χ2v) is 2.21. The fourth-order valence-corrected chi connectivity index (χ4v) is 1.14. The van der Waals surface area contributed by atoms with Crippen LogP contribution >= 0.6 is 0 Å². The van der Waals surface area contributed by atoms with Gasteiger partial charge in [0.2, 0.25) is 0 Å². The van der Waals surface area contributed by atoms with Crippen molar-refractivity contribution in [1.82, 2.24) is 4.57 Å². The van der Waals surface area contributed by atoms with E-state index in [1.54, 1.807) is 0 Å². The topological polar surface area (TPSA) is 30.9 Å². The van der Waals surface area contributed by atoms with E-state index in [1.165, 1.54) is 5.69 Å². The second kappa shape index (κ2) is 1.41. The van der Waals surface area contributed by atoms with E-state index in [1.807, 2.05) is 18.5 Å². The molecule has 1 aromatic heterocycles. The lowest BCUT2D eigenvalue weighted by Crippen LogP contribution is -1.90. The van der Waals surface area contributed by atoms with E-state index in [9.17, 15) is 0 Å². The van der Waals surface area contributed by atoms with E-state index in [-0.39, 0.29) is 0 Å². The zero-order valence-corrected chi connectivity index (χ0v) is 5.04. The Balaban J connectivity index is 2.65. The molecule has 0 amide bonds. The molecule has 2 heteroatoms. The highest BCUT2D eigenvalue weighted by molar-refractivity contribution is 5.53. The standard InChI is InChI=1S/C7H8N2/c8-6-3-5-9-4-1-2-7(6)9/h1,3-5H,2,8H2. The molecule has 9 heavy (non-hydrogen) atoms. The molecule has 0 unspecified atom stereocenters. The first-order valence-electron chi connectivity index (χ1n) is 3.00. The number of aromatic nitrogens is 1. The molecular formula is C7H8N2. The number of allylic oxidation sites excluding steroid dienone is 1. The zero-order chi connectivity index (χ0) is 6.27. The molecule has 1 aliphatic heterocycles. The fraction of sp³-hybridized carbons (Fsp3) is 0.143. The minimum Gasteiger partial charge on any atom is -0.397 e. The number of rotatable bonds is 0. The summed E-state index contributed by atoms with van der Waals surface area (Å²) in [6.45, 7) is 0. The first-order chi connectivity index (χ1) is 4.38. The summed E-state index contributed by atoms with van der Waals surface area (Å²) in [5.74, 6) is 0. The Morgan fingerprint density at radius 3 is 3.22 bits per heavy atom. The van der Waals surface area contributed by atoms with Crippen molar-refractivity contribution in [2.24, 2.45) is 0 Å². The van der Waals surface area contributed by atoms with E-state index in [0.29, 0.717) is 0 Å². The summed E-state index contributed by atoms with van der Waals surface area (Å²) < 4.78 is 2.05. The third-order valence-electron chi connectivity index (χ3n) is 1.64. The van der Waals surface area contributed by atoms with Gasteiger partial charge in [-0.2, -0.15) is 0 Å². The molecule has 0 saturated heterocycles. The van der Waals surface area contributed by atoms with E-state index < -0.39 is 0 Å². The van der Waals surface area contributed by atoms with Crippen LogP contribution in [0.1, 0.15) is 5.69 Å². The summed E-state index contributed by atoms with van der Waals surface area (Å²) in [5.41, 5.74) is 7.75. The van der Waals surface area contributed by atoms with E-state index in [0.717, 1.165) is 12.1 Å². The maximum atomic E-state index is 5.63. The maximum Gasteiger partial charge on any atom is 0.0533 e. The van der Waals surface area contributed by atoms with Crippen LogP contribution in [0.5, 0.6) is 0 Å². The Hall–Kier alpha value is -1.18. The van der Waals surface area contributed by atoms with E-state index >= 15 is 0 Å². The van der Waals surface area contributed by atoms with Crippen LogP contribution in [0.15, 0.2) is 18.3 Å². The zero-order valence-electron chi connectivity index (χ0n) is 5.04. The van der Waals surface area contributed by atoms with Crippen molar-refractivity contribution in [3.63, 3.8) is 0 Å². The highest BCUT2D eigenvalue weighted by Crippen LogP contribution is 2.18. The van der Waals surface area contributed by atoms with Gasteiger partial charge in [0.25, 0.3) is 0 Å². The fourth-order valence-electron chi connectivity index (χ4n) is 1.14. The van der Waals surface area contributed by atoms with Crippen molar-refractivity contribution in [3.05, 3.63) is 24.0 Å². The number of nitrogens with two attached hydrogens (primary N) is 1. The van der Waals surface area contributed by atoms with Crippen LogP contribution in [0.3, 0.4) is 0 Å². The summed E-state index contributed by atoms with van der Waals surface area (Å²) in [5, 5.41) is 0. The van der Waals surface area contributed by atoms with Crippen LogP contribution in [-0.4, -0.2) is 4.57 Å². The molecule has 1 aliphatic rings. The van der Waals surface area contributed by atoms with Crippen molar-refractivity contribution in [3.8, 4) is 0 Å². The number of nitrogens with zero attached hydrogens (tertiary/aromatic N) is 1. The van der Waals surface area contributed by atoms with Crippen LogP contribution in [0.25, 0.3) is 6.20 Å². The van der Waals surface area contributed by atoms with Crippen molar-refractivity contribution in [2.45, 2.75) is 6.42 Å². The molecule has 2 nitrogen and oxygen atoms in total. The Kier molecular flexibility index (Phi) is 0.730. The smallest absolute Gasteiger partial charge is 0.0533 e. The largest absolute Gasteiger partial charge is 0.397 e. The highest BCUT2D eigenvalue weighted by atomic mass is 15.0. The molecule has 0 fully saturated rings. The van der Waals surface area contributed by atoms with Gasteiger partial charge in [0, 0.05) is 24.5 Å². The van der Waals surface area contributed by atoms with Gasteiger partial charge >= 0.3 is 0 Å². The van der Waals surface area contributed by atoms with Gasteiger partial charge in [0.15, 0.2) is 0 Å². The SMILES string of the molecule is Nc1ccn2c1CC=C2. The van der Waals surface area contributed by atoms with Gasteiger partial charge in [-0.15, -0.1) is 0 Å². The summed E-state index contributed by atoms with van der Waals surface area (Å²) in [4.78, 5) is 0. The molecule has 2 heterocycles. The quantitative estimate of drug-likeness (QED) is 0.546. The molecule has 1 aromatic rings. The first-order valence-corrected chi connectivity index (χ1v) is 3.00. The molecule has 0 radical (unpaired) electrons.